The molecule has 0 radical (unpaired) electrons. The Hall–Kier alpha value is -1.56. The van der Waals surface area contributed by atoms with Gasteiger partial charge in [0.25, 0.3) is 0 Å². The Morgan fingerprint density at radius 1 is 1.42 bits per heavy atom. The van der Waals surface area contributed by atoms with Gasteiger partial charge in [0.05, 0.1) is 6.54 Å². The highest BCUT2D eigenvalue weighted by atomic mass is 16.6. The SMILES string of the molecule is C=CCN1CCN(C(=O)OC(C)(C)C)CC1C(=O)O. The lowest BCUT2D eigenvalue weighted by molar-refractivity contribution is -0.145. The van der Waals surface area contributed by atoms with Gasteiger partial charge in [0, 0.05) is 19.6 Å². The molecule has 1 unspecified atom stereocenters. The Bertz CT molecular complexity index is 362. The molecule has 1 saturated heterocycles. The maximum atomic E-state index is 11.9. The van der Waals surface area contributed by atoms with Gasteiger partial charge in [0.15, 0.2) is 0 Å². The van der Waals surface area contributed by atoms with E-state index in [-0.39, 0.29) is 6.54 Å². The zero-order valence-corrected chi connectivity index (χ0v) is 11.8. The molecule has 0 aromatic carbocycles. The van der Waals surface area contributed by atoms with Gasteiger partial charge < -0.3 is 14.7 Å². The number of carboxylic acid groups (broad SMARTS) is 1. The molecule has 0 saturated carbocycles. The average Bonchev–Trinajstić information content (AvgIpc) is 2.27. The molecule has 6 nitrogen and oxygen atoms in total. The third-order valence-corrected chi connectivity index (χ3v) is 2.79. The number of carbonyl (C=O) groups excluding carboxylic acids is 1. The van der Waals surface area contributed by atoms with Gasteiger partial charge in [-0.15, -0.1) is 6.58 Å². The van der Waals surface area contributed by atoms with E-state index in [0.717, 1.165) is 0 Å². The predicted molar refractivity (Wildman–Crippen MR) is 71.0 cm³/mol. The minimum absolute atomic E-state index is 0.137. The third kappa shape index (κ3) is 4.55. The molecule has 0 spiro atoms. The highest BCUT2D eigenvalue weighted by molar-refractivity contribution is 5.76. The third-order valence-electron chi connectivity index (χ3n) is 2.79. The topological polar surface area (TPSA) is 70.1 Å². The molecule has 108 valence electrons. The summed E-state index contributed by atoms with van der Waals surface area (Å²) in [4.78, 5) is 26.4. The maximum absolute atomic E-state index is 11.9. The quantitative estimate of drug-likeness (QED) is 0.780. The lowest BCUT2D eigenvalue weighted by Gasteiger charge is -2.39. The van der Waals surface area contributed by atoms with Crippen LogP contribution in [0.3, 0.4) is 0 Å². The number of aliphatic carboxylic acids is 1. The van der Waals surface area contributed by atoms with Gasteiger partial charge in [0.1, 0.15) is 11.6 Å². The number of rotatable bonds is 3. The molecule has 0 bridgehead atoms. The smallest absolute Gasteiger partial charge is 0.410 e. The van der Waals surface area contributed by atoms with Crippen molar-refractivity contribution in [2.75, 3.05) is 26.2 Å². The van der Waals surface area contributed by atoms with Gasteiger partial charge in [-0.1, -0.05) is 6.08 Å². The number of nitrogens with zero attached hydrogens (tertiary/aromatic N) is 2. The highest BCUT2D eigenvalue weighted by Gasteiger charge is 2.35. The zero-order valence-electron chi connectivity index (χ0n) is 11.8. The predicted octanol–water partition coefficient (Wildman–Crippen LogP) is 1.18. The number of carboxylic acids is 1. The fourth-order valence-corrected chi connectivity index (χ4v) is 1.93. The van der Waals surface area contributed by atoms with Crippen molar-refractivity contribution in [1.82, 2.24) is 9.80 Å². The summed E-state index contributed by atoms with van der Waals surface area (Å²) in [6.07, 6.45) is 1.20. The molecule has 1 aliphatic heterocycles. The summed E-state index contributed by atoms with van der Waals surface area (Å²) >= 11 is 0. The number of hydrogen-bond donors (Lipinski definition) is 1. The van der Waals surface area contributed by atoms with Crippen LogP contribution in [0.1, 0.15) is 20.8 Å². The molecule has 0 aromatic heterocycles. The first kappa shape index (κ1) is 15.5. The van der Waals surface area contributed by atoms with Crippen LogP contribution >= 0.6 is 0 Å². The first-order valence-corrected chi connectivity index (χ1v) is 6.30. The summed E-state index contributed by atoms with van der Waals surface area (Å²) in [6.45, 7) is 10.6. The van der Waals surface area contributed by atoms with E-state index in [2.05, 4.69) is 6.58 Å². The van der Waals surface area contributed by atoms with E-state index < -0.39 is 23.7 Å². The summed E-state index contributed by atoms with van der Waals surface area (Å²) in [6, 6.07) is -0.709. The summed E-state index contributed by atoms with van der Waals surface area (Å²) in [7, 11) is 0. The fraction of sp³-hybridized carbons (Fsp3) is 0.692. The normalized spacial score (nSPS) is 21.0. The number of piperazine rings is 1. The number of carbonyl (C=O) groups is 2. The van der Waals surface area contributed by atoms with E-state index in [1.165, 1.54) is 4.90 Å². The second-order valence-corrected chi connectivity index (χ2v) is 5.56. The van der Waals surface area contributed by atoms with Crippen LogP contribution in [0.15, 0.2) is 12.7 Å². The van der Waals surface area contributed by atoms with E-state index in [0.29, 0.717) is 19.6 Å². The van der Waals surface area contributed by atoms with Gasteiger partial charge in [-0.3, -0.25) is 9.69 Å². The maximum Gasteiger partial charge on any atom is 0.410 e. The molecule has 1 aliphatic rings. The van der Waals surface area contributed by atoms with Crippen LogP contribution in [0.5, 0.6) is 0 Å². The molecular weight excluding hydrogens is 248 g/mol. The number of amides is 1. The summed E-state index contributed by atoms with van der Waals surface area (Å²) in [5, 5.41) is 9.21. The second kappa shape index (κ2) is 6.06. The second-order valence-electron chi connectivity index (χ2n) is 5.56. The standard InChI is InChI=1S/C13H22N2O4/c1-5-6-14-7-8-15(9-10(14)11(16)17)12(18)19-13(2,3)4/h5,10H,1,6-9H2,2-4H3,(H,16,17). The van der Waals surface area contributed by atoms with Crippen LogP contribution in [0.25, 0.3) is 0 Å². The molecule has 1 fully saturated rings. The van der Waals surface area contributed by atoms with Crippen LogP contribution in [0.4, 0.5) is 4.79 Å². The molecule has 1 atom stereocenters. The van der Waals surface area contributed by atoms with Crippen LogP contribution in [0, 0.1) is 0 Å². The molecular formula is C13H22N2O4. The number of hydrogen-bond acceptors (Lipinski definition) is 4. The fourth-order valence-electron chi connectivity index (χ4n) is 1.93. The largest absolute Gasteiger partial charge is 0.480 e. The first-order valence-electron chi connectivity index (χ1n) is 6.30. The Morgan fingerprint density at radius 2 is 2.05 bits per heavy atom. The van der Waals surface area contributed by atoms with E-state index in [1.54, 1.807) is 31.7 Å². The van der Waals surface area contributed by atoms with E-state index in [9.17, 15) is 14.7 Å². The lowest BCUT2D eigenvalue weighted by atomic mass is 10.1. The van der Waals surface area contributed by atoms with Crippen LogP contribution in [-0.2, 0) is 9.53 Å². The Kier molecular flexibility index (Phi) is 4.94. The van der Waals surface area contributed by atoms with Gasteiger partial charge in [-0.2, -0.15) is 0 Å². The van der Waals surface area contributed by atoms with Crippen molar-refractivity contribution in [3.63, 3.8) is 0 Å². The minimum Gasteiger partial charge on any atom is -0.480 e. The Morgan fingerprint density at radius 3 is 2.53 bits per heavy atom. The lowest BCUT2D eigenvalue weighted by Crippen LogP contribution is -2.58. The van der Waals surface area contributed by atoms with Crippen LogP contribution < -0.4 is 0 Å². The van der Waals surface area contributed by atoms with Crippen molar-refractivity contribution < 1.29 is 19.4 Å². The molecule has 19 heavy (non-hydrogen) atoms. The van der Waals surface area contributed by atoms with Crippen molar-refractivity contribution in [3.05, 3.63) is 12.7 Å². The first-order chi connectivity index (χ1) is 8.74. The van der Waals surface area contributed by atoms with E-state index in [1.807, 2.05) is 0 Å². The van der Waals surface area contributed by atoms with Gasteiger partial charge in [-0.05, 0) is 20.8 Å². The monoisotopic (exact) mass is 270 g/mol. The molecule has 6 heteroatoms. The van der Waals surface area contributed by atoms with Gasteiger partial charge in [0.2, 0.25) is 0 Å². The number of ether oxygens (including phenoxy) is 1. The molecule has 1 rings (SSSR count). The summed E-state index contributed by atoms with van der Waals surface area (Å²) < 4.78 is 5.26. The minimum atomic E-state index is -0.935. The Balaban J connectivity index is 2.68. The van der Waals surface area contributed by atoms with Crippen LogP contribution in [-0.4, -0.2) is 64.8 Å². The van der Waals surface area contributed by atoms with Crippen molar-refractivity contribution >= 4 is 12.1 Å². The van der Waals surface area contributed by atoms with Crippen molar-refractivity contribution in [2.45, 2.75) is 32.4 Å². The summed E-state index contributed by atoms with van der Waals surface area (Å²) in [5.41, 5.74) is -0.575. The molecule has 0 aromatic rings. The highest BCUT2D eigenvalue weighted by Crippen LogP contribution is 2.15. The van der Waals surface area contributed by atoms with Crippen molar-refractivity contribution in [1.29, 1.82) is 0 Å². The van der Waals surface area contributed by atoms with E-state index in [4.69, 9.17) is 4.74 Å². The zero-order chi connectivity index (χ0) is 14.6. The molecule has 1 N–H and O–H groups in total. The van der Waals surface area contributed by atoms with E-state index >= 15 is 0 Å². The Labute approximate surface area is 113 Å². The van der Waals surface area contributed by atoms with Crippen LogP contribution in [0.2, 0.25) is 0 Å². The molecule has 1 amide bonds. The summed E-state index contributed by atoms with van der Waals surface area (Å²) in [5.74, 6) is -0.935. The van der Waals surface area contributed by atoms with Gasteiger partial charge in [-0.25, -0.2) is 4.79 Å². The van der Waals surface area contributed by atoms with Crippen molar-refractivity contribution in [2.24, 2.45) is 0 Å². The molecule has 0 aliphatic carbocycles. The molecule has 1 heterocycles. The van der Waals surface area contributed by atoms with Gasteiger partial charge >= 0.3 is 12.1 Å². The average molecular weight is 270 g/mol. The van der Waals surface area contributed by atoms with Crippen molar-refractivity contribution in [3.8, 4) is 0 Å².